The number of fused-ring (bicyclic) bond motifs is 1. The van der Waals surface area contributed by atoms with E-state index >= 15 is 0 Å². The van der Waals surface area contributed by atoms with E-state index in [0.29, 0.717) is 10.4 Å². The standard InChI is InChI=1S/C18H14BrN3OS/c1-22-17(15-9-10-16(19)23-15)20-21-18(22)24-11-13-7-4-6-12-5-2-3-8-14(12)13/h2-10H,11H2,1H3. The molecule has 0 aliphatic heterocycles. The summed E-state index contributed by atoms with van der Waals surface area (Å²) in [6, 6.07) is 18.6. The molecule has 6 heteroatoms. The van der Waals surface area contributed by atoms with Crippen LogP contribution >= 0.6 is 27.7 Å². The molecule has 4 rings (SSSR count). The number of thioether (sulfide) groups is 1. The van der Waals surface area contributed by atoms with Crippen LogP contribution in [0.3, 0.4) is 0 Å². The second-order valence-corrected chi connectivity index (χ2v) is 7.12. The summed E-state index contributed by atoms with van der Waals surface area (Å²) >= 11 is 4.99. The molecule has 0 saturated carbocycles. The summed E-state index contributed by atoms with van der Waals surface area (Å²) in [5.74, 6) is 2.27. The Hall–Kier alpha value is -2.05. The number of benzene rings is 2. The molecule has 0 unspecified atom stereocenters. The van der Waals surface area contributed by atoms with E-state index in [9.17, 15) is 0 Å². The van der Waals surface area contributed by atoms with Crippen molar-refractivity contribution < 1.29 is 4.42 Å². The average molecular weight is 400 g/mol. The predicted molar refractivity (Wildman–Crippen MR) is 99.9 cm³/mol. The lowest BCUT2D eigenvalue weighted by Crippen LogP contribution is -1.94. The van der Waals surface area contributed by atoms with Crippen molar-refractivity contribution in [3.05, 3.63) is 64.8 Å². The van der Waals surface area contributed by atoms with E-state index in [1.54, 1.807) is 11.8 Å². The third-order valence-electron chi connectivity index (χ3n) is 3.87. The van der Waals surface area contributed by atoms with Gasteiger partial charge in [-0.3, -0.25) is 0 Å². The molecule has 0 amide bonds. The highest BCUT2D eigenvalue weighted by atomic mass is 79.9. The van der Waals surface area contributed by atoms with Gasteiger partial charge in [0.25, 0.3) is 0 Å². The lowest BCUT2D eigenvalue weighted by Gasteiger charge is -2.06. The molecule has 0 atom stereocenters. The Morgan fingerprint density at radius 3 is 2.71 bits per heavy atom. The second-order valence-electron chi connectivity index (χ2n) is 5.40. The largest absolute Gasteiger partial charge is 0.446 e. The normalized spacial score (nSPS) is 11.2. The smallest absolute Gasteiger partial charge is 0.200 e. The molecule has 0 N–H and O–H groups in total. The summed E-state index contributed by atoms with van der Waals surface area (Å²) in [5, 5.41) is 12.0. The summed E-state index contributed by atoms with van der Waals surface area (Å²) < 4.78 is 8.21. The Bertz CT molecular complexity index is 1000. The molecule has 24 heavy (non-hydrogen) atoms. The van der Waals surface area contributed by atoms with Gasteiger partial charge >= 0.3 is 0 Å². The third kappa shape index (κ3) is 2.87. The molecule has 0 bridgehead atoms. The van der Waals surface area contributed by atoms with Crippen LogP contribution in [0.1, 0.15) is 5.56 Å². The molecule has 0 aliphatic carbocycles. The number of nitrogens with zero attached hydrogens (tertiary/aromatic N) is 3. The van der Waals surface area contributed by atoms with Crippen LogP contribution in [0.15, 0.2) is 68.8 Å². The minimum Gasteiger partial charge on any atom is -0.446 e. The van der Waals surface area contributed by atoms with Crippen molar-refractivity contribution in [1.29, 1.82) is 0 Å². The fourth-order valence-corrected chi connectivity index (χ4v) is 3.87. The Labute approximate surface area is 152 Å². The van der Waals surface area contributed by atoms with Crippen molar-refractivity contribution in [3.8, 4) is 11.6 Å². The van der Waals surface area contributed by atoms with Gasteiger partial charge in [-0.05, 0) is 44.4 Å². The van der Waals surface area contributed by atoms with Gasteiger partial charge in [-0.15, -0.1) is 10.2 Å². The molecular weight excluding hydrogens is 386 g/mol. The van der Waals surface area contributed by atoms with Crippen LogP contribution in [0.5, 0.6) is 0 Å². The second kappa shape index (κ2) is 6.45. The van der Waals surface area contributed by atoms with Crippen molar-refractivity contribution in [2.24, 2.45) is 7.05 Å². The zero-order chi connectivity index (χ0) is 16.5. The number of hydrogen-bond acceptors (Lipinski definition) is 4. The van der Waals surface area contributed by atoms with Crippen molar-refractivity contribution >= 4 is 38.5 Å². The molecule has 0 aliphatic rings. The molecule has 2 aromatic carbocycles. The zero-order valence-electron chi connectivity index (χ0n) is 12.9. The van der Waals surface area contributed by atoms with E-state index in [1.807, 2.05) is 23.7 Å². The lowest BCUT2D eigenvalue weighted by atomic mass is 10.1. The van der Waals surface area contributed by atoms with E-state index in [2.05, 4.69) is 68.6 Å². The van der Waals surface area contributed by atoms with Crippen LogP contribution in [-0.4, -0.2) is 14.8 Å². The van der Waals surface area contributed by atoms with E-state index in [1.165, 1.54) is 16.3 Å². The van der Waals surface area contributed by atoms with Gasteiger partial charge in [-0.2, -0.15) is 0 Å². The van der Waals surface area contributed by atoms with Crippen molar-refractivity contribution in [2.75, 3.05) is 0 Å². The minimum absolute atomic E-state index is 0.686. The van der Waals surface area contributed by atoms with Crippen molar-refractivity contribution in [3.63, 3.8) is 0 Å². The predicted octanol–water partition coefficient (Wildman–Crippen LogP) is 5.28. The first-order chi connectivity index (χ1) is 11.7. The van der Waals surface area contributed by atoms with Crippen LogP contribution in [0.25, 0.3) is 22.4 Å². The molecule has 2 aromatic heterocycles. The Morgan fingerprint density at radius 1 is 1.04 bits per heavy atom. The van der Waals surface area contributed by atoms with Crippen LogP contribution in [0.4, 0.5) is 0 Å². The van der Waals surface area contributed by atoms with Gasteiger partial charge < -0.3 is 8.98 Å². The summed E-state index contributed by atoms with van der Waals surface area (Å²) in [7, 11) is 1.96. The van der Waals surface area contributed by atoms with Gasteiger partial charge in [0.2, 0.25) is 0 Å². The molecule has 0 spiro atoms. The Kier molecular flexibility index (Phi) is 4.16. The Balaban J connectivity index is 1.59. The molecule has 0 radical (unpaired) electrons. The Morgan fingerprint density at radius 2 is 1.88 bits per heavy atom. The van der Waals surface area contributed by atoms with Crippen molar-refractivity contribution in [1.82, 2.24) is 14.8 Å². The zero-order valence-corrected chi connectivity index (χ0v) is 15.3. The number of halogens is 1. The highest BCUT2D eigenvalue weighted by molar-refractivity contribution is 9.10. The van der Waals surface area contributed by atoms with Crippen LogP contribution in [-0.2, 0) is 12.8 Å². The summed E-state index contributed by atoms with van der Waals surface area (Å²) in [4.78, 5) is 0. The first kappa shape index (κ1) is 15.5. The first-order valence-electron chi connectivity index (χ1n) is 7.47. The van der Waals surface area contributed by atoms with Gasteiger partial charge in [0.15, 0.2) is 21.4 Å². The molecule has 0 fully saturated rings. The van der Waals surface area contributed by atoms with Crippen LogP contribution in [0.2, 0.25) is 0 Å². The van der Waals surface area contributed by atoms with Crippen LogP contribution in [0, 0.1) is 0 Å². The molecule has 120 valence electrons. The number of hydrogen-bond donors (Lipinski definition) is 0. The topological polar surface area (TPSA) is 43.9 Å². The lowest BCUT2D eigenvalue weighted by molar-refractivity contribution is 0.547. The van der Waals surface area contributed by atoms with E-state index < -0.39 is 0 Å². The first-order valence-corrected chi connectivity index (χ1v) is 9.25. The quantitative estimate of drug-likeness (QED) is 0.437. The van der Waals surface area contributed by atoms with Gasteiger partial charge in [0, 0.05) is 12.8 Å². The SMILES string of the molecule is Cn1c(SCc2cccc3ccccc23)nnc1-c1ccc(Br)o1. The van der Waals surface area contributed by atoms with E-state index in [4.69, 9.17) is 4.42 Å². The molecule has 4 aromatic rings. The monoisotopic (exact) mass is 399 g/mol. The summed E-state index contributed by atoms with van der Waals surface area (Å²) in [6.07, 6.45) is 0. The molecule has 2 heterocycles. The van der Waals surface area contributed by atoms with Crippen molar-refractivity contribution in [2.45, 2.75) is 10.9 Å². The fourth-order valence-electron chi connectivity index (χ4n) is 2.65. The highest BCUT2D eigenvalue weighted by Crippen LogP contribution is 2.29. The molecule has 0 saturated heterocycles. The maximum absolute atomic E-state index is 5.57. The van der Waals surface area contributed by atoms with Gasteiger partial charge in [-0.25, -0.2) is 0 Å². The summed E-state index contributed by atoms with van der Waals surface area (Å²) in [5.41, 5.74) is 1.29. The maximum atomic E-state index is 5.57. The van der Waals surface area contributed by atoms with Crippen LogP contribution < -0.4 is 0 Å². The maximum Gasteiger partial charge on any atom is 0.200 e. The third-order valence-corrected chi connectivity index (χ3v) is 5.36. The van der Waals surface area contributed by atoms with Gasteiger partial charge in [0.05, 0.1) is 0 Å². The van der Waals surface area contributed by atoms with E-state index in [-0.39, 0.29) is 0 Å². The fraction of sp³-hybridized carbons (Fsp3) is 0.111. The number of furan rings is 1. The highest BCUT2D eigenvalue weighted by Gasteiger charge is 2.14. The number of aromatic nitrogens is 3. The molecular formula is C18H14BrN3OS. The summed E-state index contributed by atoms with van der Waals surface area (Å²) in [6.45, 7) is 0. The van der Waals surface area contributed by atoms with Gasteiger partial charge in [0.1, 0.15) is 0 Å². The average Bonchev–Trinajstić information content (AvgIpc) is 3.18. The van der Waals surface area contributed by atoms with E-state index in [0.717, 1.165) is 16.7 Å². The number of rotatable bonds is 4. The molecule has 4 nitrogen and oxygen atoms in total. The van der Waals surface area contributed by atoms with Gasteiger partial charge in [-0.1, -0.05) is 54.2 Å². The minimum atomic E-state index is 0.686.